The minimum absolute atomic E-state index is 0.205. The second kappa shape index (κ2) is 4.02. The molecule has 3 N–H and O–H groups in total. The lowest BCUT2D eigenvalue weighted by atomic mass is 10.4. The molecule has 0 atom stereocenters. The van der Waals surface area contributed by atoms with Crippen LogP contribution in [0.2, 0.25) is 0 Å². The van der Waals surface area contributed by atoms with E-state index in [9.17, 15) is 0 Å². The zero-order valence-electron chi connectivity index (χ0n) is 9.79. The predicted molar refractivity (Wildman–Crippen MR) is 66.9 cm³/mol. The normalized spacial score (nSPS) is 10.9. The van der Waals surface area contributed by atoms with Crippen molar-refractivity contribution < 1.29 is 4.42 Å². The number of nitrogens with one attached hydrogen (secondary N) is 1. The van der Waals surface area contributed by atoms with E-state index in [2.05, 4.69) is 19.9 Å². The van der Waals surface area contributed by atoms with E-state index < -0.39 is 0 Å². The van der Waals surface area contributed by atoms with Crippen LogP contribution < -0.4 is 10.6 Å². The van der Waals surface area contributed by atoms with Crippen molar-refractivity contribution in [3.63, 3.8) is 0 Å². The van der Waals surface area contributed by atoms with E-state index in [1.165, 1.54) is 0 Å². The van der Waals surface area contributed by atoms with Crippen LogP contribution in [0.1, 0.15) is 5.76 Å². The quantitative estimate of drug-likeness (QED) is 0.717. The molecule has 0 amide bonds. The minimum Gasteiger partial charge on any atom is -0.467 e. The number of nitrogen functional groups attached to an aromatic ring is 1. The summed E-state index contributed by atoms with van der Waals surface area (Å²) in [6.07, 6.45) is 3.21. The Morgan fingerprint density at radius 3 is 3.11 bits per heavy atom. The van der Waals surface area contributed by atoms with Crippen LogP contribution in [-0.4, -0.2) is 27.0 Å². The minimum atomic E-state index is 0.205. The molecule has 0 spiro atoms. The number of nitrogens with zero attached hydrogens (tertiary/aromatic N) is 4. The first-order valence-electron chi connectivity index (χ1n) is 5.44. The van der Waals surface area contributed by atoms with Gasteiger partial charge >= 0.3 is 0 Å². The van der Waals surface area contributed by atoms with Gasteiger partial charge in [-0.1, -0.05) is 0 Å². The van der Waals surface area contributed by atoms with Crippen LogP contribution in [0.15, 0.2) is 29.1 Å². The van der Waals surface area contributed by atoms with Gasteiger partial charge in [0.25, 0.3) is 0 Å². The van der Waals surface area contributed by atoms with Gasteiger partial charge in [0.1, 0.15) is 11.3 Å². The van der Waals surface area contributed by atoms with Crippen molar-refractivity contribution in [3.8, 4) is 0 Å². The molecule has 0 fully saturated rings. The summed E-state index contributed by atoms with van der Waals surface area (Å²) in [7, 11) is 1.91. The van der Waals surface area contributed by atoms with Gasteiger partial charge < -0.3 is 20.0 Å². The number of H-pyrrole nitrogens is 1. The van der Waals surface area contributed by atoms with Crippen molar-refractivity contribution in [2.45, 2.75) is 6.54 Å². The number of nitrogens with two attached hydrogens (primary N) is 1. The Labute approximate surface area is 103 Å². The zero-order chi connectivity index (χ0) is 12.5. The van der Waals surface area contributed by atoms with E-state index in [4.69, 9.17) is 10.2 Å². The van der Waals surface area contributed by atoms with Crippen molar-refractivity contribution in [2.75, 3.05) is 17.7 Å². The fourth-order valence-electron chi connectivity index (χ4n) is 1.82. The van der Waals surface area contributed by atoms with E-state index in [1.807, 2.05) is 24.1 Å². The molecular formula is C11H12N6O. The third-order valence-electron chi connectivity index (χ3n) is 2.62. The molecule has 0 saturated heterocycles. The van der Waals surface area contributed by atoms with Crippen LogP contribution in [-0.2, 0) is 6.54 Å². The maximum absolute atomic E-state index is 5.67. The number of furan rings is 1. The third kappa shape index (κ3) is 1.75. The summed E-state index contributed by atoms with van der Waals surface area (Å²) in [5.41, 5.74) is 6.99. The van der Waals surface area contributed by atoms with Crippen LogP contribution in [0.25, 0.3) is 11.2 Å². The summed E-state index contributed by atoms with van der Waals surface area (Å²) in [5.74, 6) is 1.75. The molecule has 7 nitrogen and oxygen atoms in total. The number of aromatic amines is 1. The first kappa shape index (κ1) is 10.6. The third-order valence-corrected chi connectivity index (χ3v) is 2.62. The predicted octanol–water partition coefficient (Wildman–Crippen LogP) is 1.16. The van der Waals surface area contributed by atoms with Gasteiger partial charge in [-0.2, -0.15) is 9.97 Å². The van der Waals surface area contributed by atoms with Gasteiger partial charge in [-0.05, 0) is 12.1 Å². The fourth-order valence-corrected chi connectivity index (χ4v) is 1.82. The molecule has 0 unspecified atom stereocenters. The lowest BCUT2D eigenvalue weighted by molar-refractivity contribution is 0.507. The smallest absolute Gasteiger partial charge is 0.224 e. The summed E-state index contributed by atoms with van der Waals surface area (Å²) in [5, 5.41) is 0. The average Bonchev–Trinajstić information content (AvgIpc) is 2.97. The zero-order valence-corrected chi connectivity index (χ0v) is 9.79. The molecule has 0 aromatic carbocycles. The summed E-state index contributed by atoms with van der Waals surface area (Å²) in [4.78, 5) is 17.3. The first-order chi connectivity index (χ1) is 8.74. The number of imidazole rings is 1. The van der Waals surface area contributed by atoms with Crippen LogP contribution >= 0.6 is 0 Å². The summed E-state index contributed by atoms with van der Waals surface area (Å²) >= 11 is 0. The second-order valence-corrected chi connectivity index (χ2v) is 3.94. The number of fused-ring (bicyclic) bond motifs is 1. The van der Waals surface area contributed by atoms with E-state index in [0.29, 0.717) is 18.0 Å². The van der Waals surface area contributed by atoms with Crippen molar-refractivity contribution >= 4 is 22.9 Å². The maximum Gasteiger partial charge on any atom is 0.224 e. The standard InChI is InChI=1S/C11H12N6O/c1-17(5-7-3-2-4-18-7)10-8-9(14-6-13-8)15-11(12)16-10/h2-4,6H,5H2,1H3,(H3,12,13,14,15,16). The molecule has 3 aromatic heterocycles. The molecule has 0 radical (unpaired) electrons. The lowest BCUT2D eigenvalue weighted by Crippen LogP contribution is -2.18. The van der Waals surface area contributed by atoms with Crippen LogP contribution in [0.3, 0.4) is 0 Å². The van der Waals surface area contributed by atoms with E-state index in [0.717, 1.165) is 11.3 Å². The van der Waals surface area contributed by atoms with Crippen molar-refractivity contribution in [1.82, 2.24) is 19.9 Å². The topological polar surface area (TPSA) is 96.9 Å². The SMILES string of the molecule is CN(Cc1ccco1)c1nc(N)nc2nc[nH]c12. The summed E-state index contributed by atoms with van der Waals surface area (Å²) in [6.45, 7) is 0.595. The van der Waals surface area contributed by atoms with Gasteiger partial charge in [-0.15, -0.1) is 0 Å². The van der Waals surface area contributed by atoms with Crippen molar-refractivity contribution in [2.24, 2.45) is 0 Å². The van der Waals surface area contributed by atoms with E-state index in [1.54, 1.807) is 12.6 Å². The number of hydrogen-bond donors (Lipinski definition) is 2. The molecule has 0 aliphatic heterocycles. The maximum atomic E-state index is 5.67. The summed E-state index contributed by atoms with van der Waals surface area (Å²) < 4.78 is 5.31. The molecule has 3 rings (SSSR count). The second-order valence-electron chi connectivity index (χ2n) is 3.94. The molecule has 3 aromatic rings. The highest BCUT2D eigenvalue weighted by Gasteiger charge is 2.13. The Morgan fingerprint density at radius 1 is 1.44 bits per heavy atom. The molecule has 0 bridgehead atoms. The fraction of sp³-hybridized carbons (Fsp3) is 0.182. The molecule has 0 saturated carbocycles. The first-order valence-corrected chi connectivity index (χ1v) is 5.44. The Bertz CT molecular complexity index is 659. The highest BCUT2D eigenvalue weighted by molar-refractivity contribution is 5.83. The molecule has 7 heteroatoms. The van der Waals surface area contributed by atoms with Crippen molar-refractivity contribution in [1.29, 1.82) is 0 Å². The Balaban J connectivity index is 2.00. The Hall–Kier alpha value is -2.57. The van der Waals surface area contributed by atoms with Gasteiger partial charge in [0.15, 0.2) is 11.5 Å². The van der Waals surface area contributed by atoms with E-state index in [-0.39, 0.29) is 5.95 Å². The van der Waals surface area contributed by atoms with Gasteiger partial charge in [0.05, 0.1) is 19.1 Å². The molecule has 0 aliphatic carbocycles. The highest BCUT2D eigenvalue weighted by Crippen LogP contribution is 2.22. The summed E-state index contributed by atoms with van der Waals surface area (Å²) in [6, 6.07) is 3.76. The highest BCUT2D eigenvalue weighted by atomic mass is 16.3. The number of rotatable bonds is 3. The van der Waals surface area contributed by atoms with Gasteiger partial charge in [0.2, 0.25) is 5.95 Å². The number of aromatic nitrogens is 4. The number of anilines is 2. The molecular weight excluding hydrogens is 232 g/mol. The van der Waals surface area contributed by atoms with Gasteiger partial charge in [-0.3, -0.25) is 0 Å². The van der Waals surface area contributed by atoms with Gasteiger partial charge in [0, 0.05) is 7.05 Å². The van der Waals surface area contributed by atoms with Crippen LogP contribution in [0.4, 0.5) is 11.8 Å². The molecule has 0 aliphatic rings. The monoisotopic (exact) mass is 244 g/mol. The molecule has 92 valence electrons. The van der Waals surface area contributed by atoms with Crippen LogP contribution in [0, 0.1) is 0 Å². The van der Waals surface area contributed by atoms with E-state index >= 15 is 0 Å². The van der Waals surface area contributed by atoms with Crippen molar-refractivity contribution in [3.05, 3.63) is 30.5 Å². The van der Waals surface area contributed by atoms with Crippen LogP contribution in [0.5, 0.6) is 0 Å². The Morgan fingerprint density at radius 2 is 2.33 bits per heavy atom. The van der Waals surface area contributed by atoms with Gasteiger partial charge in [-0.25, -0.2) is 4.98 Å². The number of hydrogen-bond acceptors (Lipinski definition) is 6. The largest absolute Gasteiger partial charge is 0.467 e. The average molecular weight is 244 g/mol. The molecule has 3 heterocycles. The Kier molecular flexibility index (Phi) is 2.36. The lowest BCUT2D eigenvalue weighted by Gasteiger charge is -2.17. The molecule has 18 heavy (non-hydrogen) atoms.